The molecule has 2 nitrogen and oxygen atoms in total. The number of aliphatic hydroxyl groups is 1. The third kappa shape index (κ3) is 3.54. The zero-order valence-electron chi connectivity index (χ0n) is 13.7. The Bertz CT molecular complexity index is 637. The van der Waals surface area contributed by atoms with E-state index in [-0.39, 0.29) is 12.0 Å². The highest BCUT2D eigenvalue weighted by molar-refractivity contribution is 5.24. The van der Waals surface area contributed by atoms with Crippen molar-refractivity contribution in [3.05, 3.63) is 83.9 Å². The lowest BCUT2D eigenvalue weighted by molar-refractivity contribution is -0.0241. The molecule has 1 aliphatic heterocycles. The first-order valence-electron chi connectivity index (χ1n) is 8.33. The van der Waals surface area contributed by atoms with Gasteiger partial charge in [0.2, 0.25) is 0 Å². The van der Waals surface area contributed by atoms with Crippen molar-refractivity contribution in [2.75, 3.05) is 6.54 Å². The Kier molecular flexibility index (Phi) is 4.94. The first-order chi connectivity index (χ1) is 11.2. The third-order valence-corrected chi connectivity index (χ3v) is 4.86. The highest BCUT2D eigenvalue weighted by Gasteiger charge is 2.37. The van der Waals surface area contributed by atoms with E-state index in [1.54, 1.807) is 0 Å². The number of nitrogens with zero attached hydrogens (tertiary/aromatic N) is 1. The lowest BCUT2D eigenvalue weighted by atomic mass is 9.80. The molecule has 0 bridgehead atoms. The lowest BCUT2D eigenvalue weighted by Gasteiger charge is -2.44. The number of hydrogen-bond donors (Lipinski definition) is 1. The van der Waals surface area contributed by atoms with Gasteiger partial charge in [-0.05, 0) is 31.0 Å². The number of rotatable bonds is 4. The van der Waals surface area contributed by atoms with Crippen LogP contribution in [0.15, 0.2) is 72.8 Å². The van der Waals surface area contributed by atoms with Gasteiger partial charge in [-0.3, -0.25) is 4.90 Å². The molecule has 1 N–H and O–H groups in total. The number of benzene rings is 2. The second kappa shape index (κ2) is 7.12. The van der Waals surface area contributed by atoms with Crippen LogP contribution in [0.2, 0.25) is 0 Å². The normalized spacial score (nSPS) is 25.2. The minimum Gasteiger partial charge on any atom is -0.391 e. The van der Waals surface area contributed by atoms with Crippen molar-refractivity contribution >= 4 is 0 Å². The predicted octanol–water partition coefficient (Wildman–Crippen LogP) is 4.19. The fourth-order valence-corrected chi connectivity index (χ4v) is 3.64. The van der Waals surface area contributed by atoms with E-state index >= 15 is 0 Å². The summed E-state index contributed by atoms with van der Waals surface area (Å²) >= 11 is 0. The Morgan fingerprint density at radius 3 is 2.30 bits per heavy atom. The van der Waals surface area contributed by atoms with Gasteiger partial charge >= 0.3 is 0 Å². The zero-order valence-corrected chi connectivity index (χ0v) is 13.7. The van der Waals surface area contributed by atoms with Crippen LogP contribution in [0.25, 0.3) is 0 Å². The van der Waals surface area contributed by atoms with Gasteiger partial charge in [-0.15, -0.1) is 0 Å². The largest absolute Gasteiger partial charge is 0.391 e. The standard InChI is InChI=1S/C21H25NO/c1-16(2)19-13-14-22(15-17-9-5-3-6-10-17)20(21(19)23)18-11-7-4-8-12-18/h3-12,19-21,23H,1,13-15H2,2H3/t19-,20+,21+/m1/s1. The van der Waals surface area contributed by atoms with Crippen molar-refractivity contribution in [2.45, 2.75) is 32.0 Å². The molecule has 1 fully saturated rings. The Morgan fingerprint density at radius 1 is 1.09 bits per heavy atom. The van der Waals surface area contributed by atoms with Gasteiger partial charge in [0.05, 0.1) is 12.1 Å². The number of likely N-dealkylation sites (tertiary alicyclic amines) is 1. The molecule has 0 amide bonds. The van der Waals surface area contributed by atoms with Crippen LogP contribution in [0.3, 0.4) is 0 Å². The van der Waals surface area contributed by atoms with E-state index < -0.39 is 6.10 Å². The molecule has 0 radical (unpaired) electrons. The molecule has 1 aliphatic rings. The fourth-order valence-electron chi connectivity index (χ4n) is 3.64. The van der Waals surface area contributed by atoms with Gasteiger partial charge < -0.3 is 5.11 Å². The Morgan fingerprint density at radius 2 is 1.70 bits per heavy atom. The molecule has 2 aromatic rings. The van der Waals surface area contributed by atoms with E-state index in [1.807, 2.05) is 31.2 Å². The molecule has 1 heterocycles. The van der Waals surface area contributed by atoms with Crippen molar-refractivity contribution in [3.63, 3.8) is 0 Å². The monoisotopic (exact) mass is 307 g/mol. The second-order valence-electron chi connectivity index (χ2n) is 6.54. The molecule has 2 aromatic carbocycles. The van der Waals surface area contributed by atoms with Gasteiger partial charge in [-0.2, -0.15) is 0 Å². The van der Waals surface area contributed by atoms with E-state index in [0.29, 0.717) is 0 Å². The van der Waals surface area contributed by atoms with Gasteiger partial charge in [0.1, 0.15) is 0 Å². The molecule has 2 heteroatoms. The van der Waals surface area contributed by atoms with Gasteiger partial charge in [0.25, 0.3) is 0 Å². The van der Waals surface area contributed by atoms with Crippen LogP contribution in [0, 0.1) is 5.92 Å². The highest BCUT2D eigenvalue weighted by atomic mass is 16.3. The van der Waals surface area contributed by atoms with Crippen LogP contribution >= 0.6 is 0 Å². The summed E-state index contributed by atoms with van der Waals surface area (Å²) in [6, 6.07) is 20.9. The Balaban J connectivity index is 1.89. The van der Waals surface area contributed by atoms with Crippen molar-refractivity contribution in [3.8, 4) is 0 Å². The summed E-state index contributed by atoms with van der Waals surface area (Å²) < 4.78 is 0. The van der Waals surface area contributed by atoms with Crippen LogP contribution in [0.4, 0.5) is 0 Å². The lowest BCUT2D eigenvalue weighted by Crippen LogP contribution is -2.46. The zero-order chi connectivity index (χ0) is 16.2. The minimum atomic E-state index is -0.410. The van der Waals surface area contributed by atoms with Crippen molar-refractivity contribution < 1.29 is 5.11 Å². The van der Waals surface area contributed by atoms with Crippen LogP contribution in [-0.2, 0) is 6.54 Å². The molecule has 3 rings (SSSR count). The summed E-state index contributed by atoms with van der Waals surface area (Å²) in [6.45, 7) is 7.96. The van der Waals surface area contributed by atoms with E-state index in [2.05, 4.69) is 47.9 Å². The summed E-state index contributed by atoms with van der Waals surface area (Å²) in [5.74, 6) is 0.173. The molecule has 23 heavy (non-hydrogen) atoms. The molecule has 0 spiro atoms. The Labute approximate surface area is 139 Å². The highest BCUT2D eigenvalue weighted by Crippen LogP contribution is 2.38. The molecule has 0 aliphatic carbocycles. The van der Waals surface area contributed by atoms with Crippen LogP contribution in [-0.4, -0.2) is 22.7 Å². The average Bonchev–Trinajstić information content (AvgIpc) is 2.56. The summed E-state index contributed by atoms with van der Waals surface area (Å²) in [7, 11) is 0. The molecule has 120 valence electrons. The second-order valence-corrected chi connectivity index (χ2v) is 6.54. The van der Waals surface area contributed by atoms with E-state index in [9.17, 15) is 5.11 Å². The molecule has 1 saturated heterocycles. The maximum Gasteiger partial charge on any atom is 0.0802 e. The first kappa shape index (κ1) is 16.0. The van der Waals surface area contributed by atoms with Crippen LogP contribution < -0.4 is 0 Å². The van der Waals surface area contributed by atoms with E-state index in [1.165, 1.54) is 11.1 Å². The number of aliphatic hydroxyl groups excluding tert-OH is 1. The predicted molar refractivity (Wildman–Crippen MR) is 95.0 cm³/mol. The summed E-state index contributed by atoms with van der Waals surface area (Å²) in [4.78, 5) is 2.40. The van der Waals surface area contributed by atoms with Crippen molar-refractivity contribution in [1.29, 1.82) is 0 Å². The summed E-state index contributed by atoms with van der Waals surface area (Å²) in [6.07, 6.45) is 0.555. The van der Waals surface area contributed by atoms with Crippen LogP contribution in [0.5, 0.6) is 0 Å². The molecule has 0 unspecified atom stereocenters. The first-order valence-corrected chi connectivity index (χ1v) is 8.33. The minimum absolute atomic E-state index is 0.0202. The van der Waals surface area contributed by atoms with E-state index in [4.69, 9.17) is 0 Å². The van der Waals surface area contributed by atoms with Crippen molar-refractivity contribution in [2.24, 2.45) is 5.92 Å². The molecular formula is C21H25NO. The van der Waals surface area contributed by atoms with Gasteiger partial charge in [-0.1, -0.05) is 72.8 Å². The third-order valence-electron chi connectivity index (χ3n) is 4.86. The molecule has 0 aromatic heterocycles. The smallest absolute Gasteiger partial charge is 0.0802 e. The van der Waals surface area contributed by atoms with Gasteiger partial charge in [-0.25, -0.2) is 0 Å². The van der Waals surface area contributed by atoms with Crippen molar-refractivity contribution in [1.82, 2.24) is 4.90 Å². The SMILES string of the molecule is C=C(C)[C@H]1CCN(Cc2ccccc2)[C@@H](c2ccccc2)[C@H]1O. The average molecular weight is 307 g/mol. The number of piperidine rings is 1. The summed E-state index contributed by atoms with van der Waals surface area (Å²) in [5, 5.41) is 11.0. The maximum absolute atomic E-state index is 11.0. The van der Waals surface area contributed by atoms with E-state index in [0.717, 1.165) is 25.1 Å². The van der Waals surface area contributed by atoms with Crippen LogP contribution in [0.1, 0.15) is 30.5 Å². The molecular weight excluding hydrogens is 282 g/mol. The topological polar surface area (TPSA) is 23.5 Å². The van der Waals surface area contributed by atoms with Gasteiger partial charge in [0.15, 0.2) is 0 Å². The fraction of sp³-hybridized carbons (Fsp3) is 0.333. The maximum atomic E-state index is 11.0. The quantitative estimate of drug-likeness (QED) is 0.856. The molecule has 0 saturated carbocycles. The van der Waals surface area contributed by atoms with Gasteiger partial charge in [0, 0.05) is 12.5 Å². The summed E-state index contributed by atoms with van der Waals surface area (Å²) in [5.41, 5.74) is 3.55. The Hall–Kier alpha value is -1.90. The number of hydrogen-bond acceptors (Lipinski definition) is 2. The molecule has 3 atom stereocenters.